The molecule has 4 nitrogen and oxygen atoms in total. The Bertz CT molecular complexity index is 474. The van der Waals surface area contributed by atoms with Crippen LogP contribution in [-0.4, -0.2) is 34.5 Å². The van der Waals surface area contributed by atoms with E-state index in [1.54, 1.807) is 12.1 Å². The molecule has 0 unspecified atom stereocenters. The van der Waals surface area contributed by atoms with Crippen molar-refractivity contribution in [3.05, 3.63) is 23.3 Å². The predicted molar refractivity (Wildman–Crippen MR) is 86.7 cm³/mol. The van der Waals surface area contributed by atoms with Gasteiger partial charge in [0.15, 0.2) is 5.78 Å². The molecule has 5 heteroatoms. The largest absolute Gasteiger partial charge is 0.507 e. The first-order valence-electron chi connectivity index (χ1n) is 7.28. The van der Waals surface area contributed by atoms with Crippen molar-refractivity contribution < 1.29 is 19.7 Å². The molecule has 0 aliphatic carbocycles. The van der Waals surface area contributed by atoms with Crippen LogP contribution in [0, 0.1) is 0 Å². The summed E-state index contributed by atoms with van der Waals surface area (Å²) in [7, 11) is 0. The summed E-state index contributed by atoms with van der Waals surface area (Å²) in [5, 5.41) is 19.6. The van der Waals surface area contributed by atoms with Crippen LogP contribution in [0.25, 0.3) is 0 Å². The molecule has 0 aliphatic rings. The van der Waals surface area contributed by atoms with E-state index >= 15 is 0 Å². The molecule has 0 aromatic heterocycles. The molecule has 1 aromatic carbocycles. The number of hydrogen-bond acceptors (Lipinski definition) is 5. The van der Waals surface area contributed by atoms with Crippen LogP contribution >= 0.6 is 12.6 Å². The fraction of sp³-hybridized carbons (Fsp3) is 0.562. The number of aliphatic hydroxyl groups excluding tert-OH is 1. The monoisotopic (exact) mass is 312 g/mol. The van der Waals surface area contributed by atoms with Crippen molar-refractivity contribution in [3.8, 4) is 11.5 Å². The lowest BCUT2D eigenvalue weighted by Crippen LogP contribution is -2.11. The average molecular weight is 312 g/mol. The Kier molecular flexibility index (Phi) is 7.61. The zero-order valence-electron chi connectivity index (χ0n) is 12.6. The van der Waals surface area contributed by atoms with Gasteiger partial charge >= 0.3 is 0 Å². The molecule has 0 saturated heterocycles. The number of aliphatic hydroxyl groups is 1. The van der Waals surface area contributed by atoms with Gasteiger partial charge in [0, 0.05) is 11.3 Å². The summed E-state index contributed by atoms with van der Waals surface area (Å²) in [5.74, 6) is 0.917. The number of phenols is 1. The molecule has 1 rings (SSSR count). The van der Waals surface area contributed by atoms with Crippen LogP contribution in [0.1, 0.15) is 49.0 Å². The minimum atomic E-state index is -0.416. The summed E-state index contributed by atoms with van der Waals surface area (Å²) in [6, 6.07) is 3.32. The maximum absolute atomic E-state index is 11.5. The molecule has 2 N–H and O–H groups in total. The Labute approximate surface area is 131 Å². The molecule has 1 aromatic rings. The second-order valence-corrected chi connectivity index (χ2v) is 5.44. The van der Waals surface area contributed by atoms with E-state index < -0.39 is 6.10 Å². The van der Waals surface area contributed by atoms with E-state index in [-0.39, 0.29) is 11.5 Å². The first-order valence-corrected chi connectivity index (χ1v) is 7.92. The highest BCUT2D eigenvalue weighted by molar-refractivity contribution is 7.80. The Hall–Kier alpha value is -1.20. The Morgan fingerprint density at radius 3 is 2.71 bits per heavy atom. The molecule has 0 aliphatic heterocycles. The third kappa shape index (κ3) is 5.25. The van der Waals surface area contributed by atoms with Crippen molar-refractivity contribution in [1.29, 1.82) is 0 Å². The summed E-state index contributed by atoms with van der Waals surface area (Å²) in [6.07, 6.45) is 2.43. The van der Waals surface area contributed by atoms with Gasteiger partial charge in [-0.15, -0.1) is 0 Å². The Balaban J connectivity index is 2.77. The zero-order chi connectivity index (χ0) is 15.8. The summed E-state index contributed by atoms with van der Waals surface area (Å²) in [4.78, 5) is 11.5. The molecular formula is C16H24O4S. The van der Waals surface area contributed by atoms with Gasteiger partial charge in [0.25, 0.3) is 0 Å². The van der Waals surface area contributed by atoms with Crippen LogP contribution in [0.3, 0.4) is 0 Å². The number of Topliss-reactive ketones (excluding diaryl/α,β-unsaturated/α-hetero) is 1. The summed E-state index contributed by atoms with van der Waals surface area (Å²) in [5.41, 5.74) is 1.01. The van der Waals surface area contributed by atoms with E-state index in [1.165, 1.54) is 6.92 Å². The van der Waals surface area contributed by atoms with Crippen molar-refractivity contribution >= 4 is 18.4 Å². The lowest BCUT2D eigenvalue weighted by molar-refractivity contribution is 0.101. The maximum atomic E-state index is 11.5. The topological polar surface area (TPSA) is 66.8 Å². The van der Waals surface area contributed by atoms with Gasteiger partial charge in [0.2, 0.25) is 0 Å². The van der Waals surface area contributed by atoms with E-state index in [0.29, 0.717) is 48.5 Å². The number of ether oxygens (including phenoxy) is 1. The van der Waals surface area contributed by atoms with Crippen LogP contribution in [0.5, 0.6) is 11.5 Å². The van der Waals surface area contributed by atoms with Crippen LogP contribution in [0.15, 0.2) is 12.1 Å². The molecule has 0 bridgehead atoms. The Morgan fingerprint density at radius 1 is 1.43 bits per heavy atom. The fourth-order valence-corrected chi connectivity index (χ4v) is 2.30. The minimum Gasteiger partial charge on any atom is -0.507 e. The molecule has 0 fully saturated rings. The molecule has 118 valence electrons. The van der Waals surface area contributed by atoms with Gasteiger partial charge in [-0.2, -0.15) is 12.6 Å². The van der Waals surface area contributed by atoms with Crippen molar-refractivity contribution in [1.82, 2.24) is 0 Å². The second-order valence-electron chi connectivity index (χ2n) is 5.07. The number of hydrogen-bond donors (Lipinski definition) is 3. The summed E-state index contributed by atoms with van der Waals surface area (Å²) in [6.45, 7) is 3.90. The molecular weight excluding hydrogens is 288 g/mol. The van der Waals surface area contributed by atoms with Gasteiger partial charge in [0.05, 0.1) is 18.3 Å². The third-order valence-corrected chi connectivity index (χ3v) is 3.69. The van der Waals surface area contributed by atoms with E-state index in [2.05, 4.69) is 12.6 Å². The predicted octanol–water partition coefficient (Wildman–Crippen LogP) is 3.00. The molecule has 0 amide bonds. The van der Waals surface area contributed by atoms with Gasteiger partial charge in [-0.25, -0.2) is 0 Å². The lowest BCUT2D eigenvalue weighted by Gasteiger charge is -2.15. The van der Waals surface area contributed by atoms with Crippen molar-refractivity contribution in [3.63, 3.8) is 0 Å². The smallest absolute Gasteiger partial charge is 0.163 e. The zero-order valence-corrected chi connectivity index (χ0v) is 13.5. The number of aromatic hydroxyl groups is 1. The van der Waals surface area contributed by atoms with Gasteiger partial charge in [-0.1, -0.05) is 13.3 Å². The van der Waals surface area contributed by atoms with Crippen LogP contribution in [0.2, 0.25) is 0 Å². The van der Waals surface area contributed by atoms with E-state index in [9.17, 15) is 15.0 Å². The fourth-order valence-electron chi connectivity index (χ4n) is 2.12. The van der Waals surface area contributed by atoms with Crippen molar-refractivity contribution in [2.75, 3.05) is 12.4 Å². The van der Waals surface area contributed by atoms with Gasteiger partial charge in [-0.3, -0.25) is 4.79 Å². The SMILES string of the molecule is CCCc1c(OCCC[C@H](O)CS)ccc(C(C)=O)c1O. The van der Waals surface area contributed by atoms with E-state index in [1.807, 2.05) is 6.92 Å². The van der Waals surface area contributed by atoms with E-state index in [4.69, 9.17) is 4.74 Å². The number of carbonyl (C=O) groups is 1. The average Bonchev–Trinajstić information content (AvgIpc) is 2.46. The minimum absolute atomic E-state index is 0.0252. The highest BCUT2D eigenvalue weighted by Crippen LogP contribution is 2.33. The van der Waals surface area contributed by atoms with E-state index in [0.717, 1.165) is 6.42 Å². The molecule has 21 heavy (non-hydrogen) atoms. The third-order valence-electron chi connectivity index (χ3n) is 3.27. The highest BCUT2D eigenvalue weighted by atomic mass is 32.1. The number of carbonyl (C=O) groups excluding carboxylic acids is 1. The number of phenolic OH excluding ortho intramolecular Hbond substituents is 1. The number of rotatable bonds is 9. The first-order chi connectivity index (χ1) is 10.0. The second kappa shape index (κ2) is 8.95. The van der Waals surface area contributed by atoms with Gasteiger partial charge < -0.3 is 14.9 Å². The van der Waals surface area contributed by atoms with Crippen molar-refractivity contribution in [2.45, 2.75) is 45.6 Å². The number of thiol groups is 1. The molecule has 0 heterocycles. The molecule has 0 spiro atoms. The molecule has 0 saturated carbocycles. The van der Waals surface area contributed by atoms with Gasteiger partial charge in [0.1, 0.15) is 11.5 Å². The maximum Gasteiger partial charge on any atom is 0.163 e. The van der Waals surface area contributed by atoms with Crippen LogP contribution < -0.4 is 4.74 Å². The standard InChI is InChI=1S/C16H24O4S/c1-3-5-14-15(20-9-4-6-12(18)10-21)8-7-13(11(2)17)16(14)19/h7-8,12,18-19,21H,3-6,9-10H2,1-2H3/t12-/m0/s1. The number of benzene rings is 1. The first kappa shape index (κ1) is 17.9. The molecule has 1 atom stereocenters. The summed E-state index contributed by atoms with van der Waals surface area (Å²) < 4.78 is 5.69. The molecule has 0 radical (unpaired) electrons. The number of ketones is 1. The normalized spacial score (nSPS) is 12.2. The lowest BCUT2D eigenvalue weighted by atomic mass is 10.0. The van der Waals surface area contributed by atoms with Crippen LogP contribution in [-0.2, 0) is 6.42 Å². The highest BCUT2D eigenvalue weighted by Gasteiger charge is 2.15. The van der Waals surface area contributed by atoms with Crippen LogP contribution in [0.4, 0.5) is 0 Å². The quantitative estimate of drug-likeness (QED) is 0.372. The summed E-state index contributed by atoms with van der Waals surface area (Å²) >= 11 is 4.02. The Morgan fingerprint density at radius 2 is 2.14 bits per heavy atom. The van der Waals surface area contributed by atoms with Crippen molar-refractivity contribution in [2.24, 2.45) is 0 Å². The van der Waals surface area contributed by atoms with Gasteiger partial charge in [-0.05, 0) is 38.3 Å².